The number of nitrogens with zero attached hydrogens (tertiary/aromatic N) is 2. The van der Waals surface area contributed by atoms with Crippen LogP contribution >= 0.6 is 11.8 Å². The maximum Gasteiger partial charge on any atom is 0.263 e. The van der Waals surface area contributed by atoms with Gasteiger partial charge < -0.3 is 0 Å². The Morgan fingerprint density at radius 1 is 0.889 bits per heavy atom. The van der Waals surface area contributed by atoms with Crippen molar-refractivity contribution in [3.05, 3.63) is 111 Å². The van der Waals surface area contributed by atoms with Gasteiger partial charge in [-0.2, -0.15) is 0 Å². The average molecular weight is 493 g/mol. The third-order valence-electron chi connectivity index (χ3n) is 8.02. The van der Waals surface area contributed by atoms with Crippen LogP contribution in [-0.4, -0.2) is 15.3 Å². The number of aromatic nitrogens is 2. The van der Waals surface area contributed by atoms with Gasteiger partial charge in [0.2, 0.25) is 0 Å². The Morgan fingerprint density at radius 2 is 1.61 bits per heavy atom. The van der Waals surface area contributed by atoms with Gasteiger partial charge in [0.05, 0.1) is 16.9 Å². The molecule has 4 aromatic rings. The largest absolute Gasteiger partial charge is 0.268 e. The lowest BCUT2D eigenvalue weighted by molar-refractivity contribution is 0.283. The maximum atomic E-state index is 14.6. The molecule has 0 aliphatic heterocycles. The van der Waals surface area contributed by atoms with Crippen LogP contribution in [0.2, 0.25) is 0 Å². The first kappa shape index (κ1) is 23.3. The molecule has 1 saturated carbocycles. The Hall–Kier alpha value is -3.11. The molecule has 0 bridgehead atoms. The van der Waals surface area contributed by atoms with E-state index in [9.17, 15) is 4.79 Å². The number of fused-ring (bicyclic) bond motifs is 4. The summed E-state index contributed by atoms with van der Waals surface area (Å²) in [6, 6.07) is 27.4. The minimum absolute atomic E-state index is 0.107. The molecule has 1 heterocycles. The highest BCUT2D eigenvalue weighted by molar-refractivity contribution is 7.99. The predicted octanol–water partition coefficient (Wildman–Crippen LogP) is 7.30. The standard InChI is InChI=1S/C32H32N2OS/c1-23-12-6-9-17-27(23)34-30(35)28-29(33-31(34)36-21-18-24-13-4-2-5-14-24)26-16-8-7-15-25(26)22-32(28)19-10-3-11-20-32/h2,4-9,12-17H,3,10-11,18-22H2,1H3. The highest BCUT2D eigenvalue weighted by Crippen LogP contribution is 2.49. The molecule has 2 aliphatic rings. The van der Waals surface area contributed by atoms with Gasteiger partial charge in [-0.3, -0.25) is 9.36 Å². The van der Waals surface area contributed by atoms with Gasteiger partial charge in [-0.25, -0.2) is 4.98 Å². The van der Waals surface area contributed by atoms with Crippen LogP contribution in [-0.2, 0) is 18.3 Å². The van der Waals surface area contributed by atoms with Crippen molar-refractivity contribution in [2.45, 2.75) is 62.4 Å². The summed E-state index contributed by atoms with van der Waals surface area (Å²) in [5.41, 5.74) is 7.74. The van der Waals surface area contributed by atoms with E-state index in [0.29, 0.717) is 0 Å². The molecular weight excluding hydrogens is 460 g/mol. The molecule has 0 atom stereocenters. The molecule has 1 aromatic heterocycles. The first-order valence-electron chi connectivity index (χ1n) is 13.1. The zero-order valence-corrected chi connectivity index (χ0v) is 21.7. The lowest BCUT2D eigenvalue weighted by Crippen LogP contribution is -2.43. The fourth-order valence-electron chi connectivity index (χ4n) is 6.22. The van der Waals surface area contributed by atoms with Crippen molar-refractivity contribution in [2.24, 2.45) is 0 Å². The summed E-state index contributed by atoms with van der Waals surface area (Å²) in [5.74, 6) is 0.869. The van der Waals surface area contributed by atoms with E-state index in [-0.39, 0.29) is 11.0 Å². The topological polar surface area (TPSA) is 34.9 Å². The first-order valence-corrected chi connectivity index (χ1v) is 14.1. The van der Waals surface area contributed by atoms with Gasteiger partial charge in [-0.1, -0.05) is 104 Å². The summed E-state index contributed by atoms with van der Waals surface area (Å²) < 4.78 is 1.92. The lowest BCUT2D eigenvalue weighted by Gasteiger charge is -2.42. The number of hydrogen-bond acceptors (Lipinski definition) is 3. The Kier molecular flexibility index (Phi) is 6.30. The smallest absolute Gasteiger partial charge is 0.263 e. The van der Waals surface area contributed by atoms with Crippen LogP contribution in [0.15, 0.2) is 88.8 Å². The third-order valence-corrected chi connectivity index (χ3v) is 8.96. The summed E-state index contributed by atoms with van der Waals surface area (Å²) in [6.45, 7) is 2.09. The van der Waals surface area contributed by atoms with Crippen LogP contribution in [0, 0.1) is 6.92 Å². The van der Waals surface area contributed by atoms with Crippen LogP contribution in [0.4, 0.5) is 0 Å². The molecule has 1 fully saturated rings. The van der Waals surface area contributed by atoms with E-state index in [2.05, 4.69) is 73.7 Å². The number of hydrogen-bond donors (Lipinski definition) is 0. The lowest BCUT2D eigenvalue weighted by atomic mass is 9.62. The highest BCUT2D eigenvalue weighted by atomic mass is 32.2. The SMILES string of the molecule is Cc1ccccc1-n1c(SCCc2ccccc2)nc2c(c1=O)C1(CCCCC1)Cc1ccccc1-2. The summed E-state index contributed by atoms with van der Waals surface area (Å²) >= 11 is 1.69. The van der Waals surface area contributed by atoms with Gasteiger partial charge in [-0.15, -0.1) is 0 Å². The van der Waals surface area contributed by atoms with Crippen LogP contribution in [0.5, 0.6) is 0 Å². The Balaban J connectivity index is 1.54. The quantitative estimate of drug-likeness (QED) is 0.217. The van der Waals surface area contributed by atoms with Gasteiger partial charge in [0.15, 0.2) is 5.16 Å². The predicted molar refractivity (Wildman–Crippen MR) is 149 cm³/mol. The van der Waals surface area contributed by atoms with Crippen molar-refractivity contribution >= 4 is 11.8 Å². The fourth-order valence-corrected chi connectivity index (χ4v) is 7.20. The molecule has 0 N–H and O–H groups in total. The van der Waals surface area contributed by atoms with Gasteiger partial charge in [0.25, 0.3) is 5.56 Å². The van der Waals surface area contributed by atoms with Crippen molar-refractivity contribution in [1.82, 2.24) is 9.55 Å². The van der Waals surface area contributed by atoms with E-state index in [0.717, 1.165) is 64.7 Å². The molecule has 0 radical (unpaired) electrons. The Labute approximate surface area is 217 Å². The average Bonchev–Trinajstić information content (AvgIpc) is 2.90. The van der Waals surface area contributed by atoms with Crippen LogP contribution < -0.4 is 5.56 Å². The van der Waals surface area contributed by atoms with Crippen LogP contribution in [0.3, 0.4) is 0 Å². The number of benzene rings is 3. The first-order chi connectivity index (χ1) is 17.7. The summed E-state index contributed by atoms with van der Waals surface area (Å²) in [4.78, 5) is 20.0. The molecule has 4 heteroatoms. The minimum Gasteiger partial charge on any atom is -0.268 e. The fraction of sp³-hybridized carbons (Fsp3) is 0.312. The summed E-state index contributed by atoms with van der Waals surface area (Å²) in [6.07, 6.45) is 7.64. The number of aryl methyl sites for hydroxylation is 2. The number of thioether (sulfide) groups is 1. The van der Waals surface area contributed by atoms with E-state index in [1.165, 1.54) is 30.4 Å². The number of rotatable bonds is 5. The second kappa shape index (κ2) is 9.74. The van der Waals surface area contributed by atoms with Gasteiger partial charge in [-0.05, 0) is 55.4 Å². The molecule has 36 heavy (non-hydrogen) atoms. The molecule has 0 unspecified atom stereocenters. The van der Waals surface area contributed by atoms with Gasteiger partial charge >= 0.3 is 0 Å². The van der Waals surface area contributed by atoms with Crippen molar-refractivity contribution < 1.29 is 0 Å². The van der Waals surface area contributed by atoms with E-state index in [1.807, 2.05) is 16.7 Å². The van der Waals surface area contributed by atoms with Crippen molar-refractivity contribution in [3.63, 3.8) is 0 Å². The third kappa shape index (κ3) is 4.12. The maximum absolute atomic E-state index is 14.6. The van der Waals surface area contributed by atoms with Crippen molar-refractivity contribution in [2.75, 3.05) is 5.75 Å². The molecule has 0 saturated heterocycles. The van der Waals surface area contributed by atoms with E-state index in [4.69, 9.17) is 4.98 Å². The highest BCUT2D eigenvalue weighted by Gasteiger charge is 2.43. The number of para-hydroxylation sites is 1. The Bertz CT molecular complexity index is 1450. The molecule has 3 aromatic carbocycles. The van der Waals surface area contributed by atoms with Crippen molar-refractivity contribution in [1.29, 1.82) is 0 Å². The monoisotopic (exact) mass is 492 g/mol. The Morgan fingerprint density at radius 3 is 2.42 bits per heavy atom. The normalized spacial score (nSPS) is 15.9. The van der Waals surface area contributed by atoms with Crippen molar-refractivity contribution in [3.8, 4) is 16.9 Å². The molecule has 1 spiro atoms. The molecule has 2 aliphatic carbocycles. The van der Waals surface area contributed by atoms with Gasteiger partial charge in [0.1, 0.15) is 0 Å². The summed E-state index contributed by atoms with van der Waals surface area (Å²) in [5, 5.41) is 0.798. The zero-order chi connectivity index (χ0) is 24.5. The second-order valence-corrected chi connectivity index (χ2v) is 11.4. The van der Waals surface area contributed by atoms with Crippen LogP contribution in [0.25, 0.3) is 16.9 Å². The van der Waals surface area contributed by atoms with E-state index >= 15 is 0 Å². The molecule has 6 rings (SSSR count). The summed E-state index contributed by atoms with van der Waals surface area (Å²) in [7, 11) is 0. The minimum atomic E-state index is -0.107. The molecule has 3 nitrogen and oxygen atoms in total. The van der Waals surface area contributed by atoms with E-state index < -0.39 is 0 Å². The van der Waals surface area contributed by atoms with Crippen LogP contribution in [0.1, 0.15) is 54.4 Å². The molecular formula is C32H32N2OS. The van der Waals surface area contributed by atoms with E-state index in [1.54, 1.807) is 11.8 Å². The molecule has 0 amide bonds. The second-order valence-electron chi connectivity index (χ2n) is 10.3. The van der Waals surface area contributed by atoms with Gasteiger partial charge in [0, 0.05) is 16.7 Å². The molecule has 182 valence electrons. The zero-order valence-electron chi connectivity index (χ0n) is 20.9.